The SMILES string of the molecule is CN1CCCc2cc(CC(CN)C(N)=O)ccc21. The van der Waals surface area contributed by atoms with Crippen molar-refractivity contribution in [1.29, 1.82) is 0 Å². The van der Waals surface area contributed by atoms with Gasteiger partial charge in [0.25, 0.3) is 0 Å². The Balaban J connectivity index is 2.18. The Morgan fingerprint density at radius 1 is 1.50 bits per heavy atom. The molecule has 1 unspecified atom stereocenters. The Hall–Kier alpha value is -1.55. The van der Waals surface area contributed by atoms with E-state index in [2.05, 4.69) is 30.1 Å². The van der Waals surface area contributed by atoms with Crippen molar-refractivity contribution in [3.05, 3.63) is 29.3 Å². The van der Waals surface area contributed by atoms with E-state index in [0.29, 0.717) is 13.0 Å². The second kappa shape index (κ2) is 5.40. The minimum absolute atomic E-state index is 0.260. The predicted octanol–water partition coefficient (Wildman–Crippen LogP) is 0.672. The number of carbonyl (C=O) groups excluding carboxylic acids is 1. The summed E-state index contributed by atoms with van der Waals surface area (Å²) in [6, 6.07) is 6.40. The Morgan fingerprint density at radius 2 is 2.28 bits per heavy atom. The number of benzene rings is 1. The molecule has 1 aliphatic rings. The third-order valence-corrected chi connectivity index (χ3v) is 3.66. The highest BCUT2D eigenvalue weighted by atomic mass is 16.1. The average Bonchev–Trinajstić information content (AvgIpc) is 2.35. The molecule has 4 N–H and O–H groups in total. The molecule has 0 spiro atoms. The lowest BCUT2D eigenvalue weighted by Crippen LogP contribution is -2.31. The van der Waals surface area contributed by atoms with Gasteiger partial charge in [0.05, 0.1) is 5.92 Å². The Bertz CT molecular complexity index is 445. The summed E-state index contributed by atoms with van der Waals surface area (Å²) in [5.74, 6) is -0.572. The molecule has 0 aromatic heterocycles. The van der Waals surface area contributed by atoms with Crippen LogP contribution >= 0.6 is 0 Å². The standard InChI is InChI=1S/C14H21N3O/c1-17-6-2-3-11-7-10(4-5-13(11)17)8-12(9-15)14(16)18/h4-5,7,12H,2-3,6,8-9,15H2,1H3,(H2,16,18). The van der Waals surface area contributed by atoms with Gasteiger partial charge in [-0.25, -0.2) is 0 Å². The molecule has 1 atom stereocenters. The zero-order valence-corrected chi connectivity index (χ0v) is 10.9. The van der Waals surface area contributed by atoms with Crippen molar-refractivity contribution in [1.82, 2.24) is 0 Å². The van der Waals surface area contributed by atoms with Crippen LogP contribution in [0, 0.1) is 5.92 Å². The number of carbonyl (C=O) groups is 1. The molecule has 1 heterocycles. The number of nitrogens with zero attached hydrogens (tertiary/aromatic N) is 1. The van der Waals surface area contributed by atoms with Crippen molar-refractivity contribution in [3.8, 4) is 0 Å². The molecule has 1 aromatic carbocycles. The van der Waals surface area contributed by atoms with Gasteiger partial charge in [-0.15, -0.1) is 0 Å². The van der Waals surface area contributed by atoms with E-state index < -0.39 is 0 Å². The number of hydrogen-bond donors (Lipinski definition) is 2. The van der Waals surface area contributed by atoms with Crippen LogP contribution in [-0.4, -0.2) is 26.0 Å². The van der Waals surface area contributed by atoms with Gasteiger partial charge in [0.15, 0.2) is 0 Å². The van der Waals surface area contributed by atoms with Crippen LogP contribution < -0.4 is 16.4 Å². The third-order valence-electron chi connectivity index (χ3n) is 3.66. The number of amides is 1. The van der Waals surface area contributed by atoms with Crippen molar-refractivity contribution in [2.24, 2.45) is 17.4 Å². The average molecular weight is 247 g/mol. The first-order valence-electron chi connectivity index (χ1n) is 6.44. The first kappa shape index (κ1) is 12.9. The summed E-state index contributed by atoms with van der Waals surface area (Å²) >= 11 is 0. The van der Waals surface area contributed by atoms with Gasteiger partial charge in [-0.05, 0) is 36.5 Å². The quantitative estimate of drug-likeness (QED) is 0.821. The van der Waals surface area contributed by atoms with E-state index in [1.54, 1.807) is 0 Å². The summed E-state index contributed by atoms with van der Waals surface area (Å²) in [5, 5.41) is 0. The van der Waals surface area contributed by atoms with Crippen molar-refractivity contribution >= 4 is 11.6 Å². The lowest BCUT2D eigenvalue weighted by molar-refractivity contribution is -0.121. The fourth-order valence-corrected chi connectivity index (χ4v) is 2.55. The Labute approximate surface area is 108 Å². The first-order chi connectivity index (χ1) is 8.61. The van der Waals surface area contributed by atoms with Gasteiger partial charge >= 0.3 is 0 Å². The maximum Gasteiger partial charge on any atom is 0.222 e. The number of fused-ring (bicyclic) bond motifs is 1. The van der Waals surface area contributed by atoms with Gasteiger partial charge in [-0.3, -0.25) is 4.79 Å². The van der Waals surface area contributed by atoms with E-state index in [9.17, 15) is 4.79 Å². The van der Waals surface area contributed by atoms with Gasteiger partial charge in [-0.2, -0.15) is 0 Å². The molecule has 1 aliphatic heterocycles. The van der Waals surface area contributed by atoms with Crippen molar-refractivity contribution in [2.75, 3.05) is 25.0 Å². The molecule has 0 saturated heterocycles. The summed E-state index contributed by atoms with van der Waals surface area (Å²) in [7, 11) is 2.11. The van der Waals surface area contributed by atoms with E-state index in [0.717, 1.165) is 18.5 Å². The van der Waals surface area contributed by atoms with Crippen LogP contribution in [0.1, 0.15) is 17.5 Å². The first-order valence-corrected chi connectivity index (χ1v) is 6.44. The Morgan fingerprint density at radius 3 is 2.94 bits per heavy atom. The monoisotopic (exact) mass is 247 g/mol. The van der Waals surface area contributed by atoms with Crippen LogP contribution in [0.2, 0.25) is 0 Å². The molecule has 0 radical (unpaired) electrons. The van der Waals surface area contributed by atoms with Crippen molar-refractivity contribution in [3.63, 3.8) is 0 Å². The summed E-state index contributed by atoms with van der Waals surface area (Å²) in [5.41, 5.74) is 14.7. The number of aryl methyl sites for hydroxylation is 1. The van der Waals surface area contributed by atoms with E-state index in [1.807, 2.05) is 0 Å². The lowest BCUT2D eigenvalue weighted by Gasteiger charge is -2.28. The van der Waals surface area contributed by atoms with Crippen molar-refractivity contribution in [2.45, 2.75) is 19.3 Å². The van der Waals surface area contributed by atoms with Crippen LogP contribution in [-0.2, 0) is 17.6 Å². The molecule has 0 aliphatic carbocycles. The molecule has 18 heavy (non-hydrogen) atoms. The molecule has 0 bridgehead atoms. The molecule has 0 fully saturated rings. The number of hydrogen-bond acceptors (Lipinski definition) is 3. The van der Waals surface area contributed by atoms with Crippen LogP contribution in [0.5, 0.6) is 0 Å². The largest absolute Gasteiger partial charge is 0.374 e. The number of anilines is 1. The molecule has 4 nitrogen and oxygen atoms in total. The van der Waals surface area contributed by atoms with E-state index >= 15 is 0 Å². The summed E-state index contributed by atoms with van der Waals surface area (Å²) in [4.78, 5) is 13.5. The topological polar surface area (TPSA) is 72.3 Å². The number of rotatable bonds is 4. The minimum atomic E-state index is -0.313. The fraction of sp³-hybridized carbons (Fsp3) is 0.500. The number of nitrogens with two attached hydrogens (primary N) is 2. The van der Waals surface area contributed by atoms with Crippen LogP contribution in [0.3, 0.4) is 0 Å². The molecule has 2 rings (SSSR count). The predicted molar refractivity (Wildman–Crippen MR) is 73.5 cm³/mol. The van der Waals surface area contributed by atoms with E-state index in [1.165, 1.54) is 17.7 Å². The fourth-order valence-electron chi connectivity index (χ4n) is 2.55. The third kappa shape index (κ3) is 2.64. The second-order valence-corrected chi connectivity index (χ2v) is 5.03. The Kier molecular flexibility index (Phi) is 3.87. The maximum atomic E-state index is 11.2. The van der Waals surface area contributed by atoms with Gasteiger partial charge in [0, 0.05) is 25.8 Å². The maximum absolute atomic E-state index is 11.2. The van der Waals surface area contributed by atoms with Crippen molar-refractivity contribution < 1.29 is 4.79 Å². The number of primary amides is 1. The van der Waals surface area contributed by atoms with E-state index in [4.69, 9.17) is 11.5 Å². The molecular weight excluding hydrogens is 226 g/mol. The molecule has 4 heteroatoms. The van der Waals surface area contributed by atoms with E-state index in [-0.39, 0.29) is 11.8 Å². The highest BCUT2D eigenvalue weighted by Gasteiger charge is 2.17. The molecule has 1 amide bonds. The highest BCUT2D eigenvalue weighted by molar-refractivity contribution is 5.77. The van der Waals surface area contributed by atoms with Crippen LogP contribution in [0.15, 0.2) is 18.2 Å². The highest BCUT2D eigenvalue weighted by Crippen LogP contribution is 2.27. The smallest absolute Gasteiger partial charge is 0.222 e. The van der Waals surface area contributed by atoms with Gasteiger partial charge in [0.2, 0.25) is 5.91 Å². The molecular formula is C14H21N3O. The minimum Gasteiger partial charge on any atom is -0.374 e. The zero-order chi connectivity index (χ0) is 13.1. The molecule has 98 valence electrons. The van der Waals surface area contributed by atoms with Crippen LogP contribution in [0.25, 0.3) is 0 Å². The van der Waals surface area contributed by atoms with Crippen LogP contribution in [0.4, 0.5) is 5.69 Å². The normalized spacial score (nSPS) is 16.2. The zero-order valence-electron chi connectivity index (χ0n) is 10.9. The molecule has 0 saturated carbocycles. The second-order valence-electron chi connectivity index (χ2n) is 5.03. The lowest BCUT2D eigenvalue weighted by atomic mass is 9.94. The summed E-state index contributed by atoms with van der Waals surface area (Å²) < 4.78 is 0. The summed E-state index contributed by atoms with van der Waals surface area (Å²) in [6.07, 6.45) is 2.93. The van der Waals surface area contributed by atoms with Gasteiger partial charge < -0.3 is 16.4 Å². The van der Waals surface area contributed by atoms with Gasteiger partial charge in [-0.1, -0.05) is 12.1 Å². The molecule has 1 aromatic rings. The summed E-state index contributed by atoms with van der Waals surface area (Å²) in [6.45, 7) is 1.42. The van der Waals surface area contributed by atoms with Gasteiger partial charge in [0.1, 0.15) is 0 Å².